The molecule has 144 valence electrons. The van der Waals surface area contributed by atoms with E-state index < -0.39 is 17.8 Å². The van der Waals surface area contributed by atoms with Gasteiger partial charge in [-0.25, -0.2) is 9.69 Å². The average Bonchev–Trinajstić information content (AvgIpc) is 3.15. The predicted molar refractivity (Wildman–Crippen MR) is 112 cm³/mol. The molecule has 1 N–H and O–H groups in total. The molecule has 1 fully saturated rings. The SMILES string of the molecule is O=C1NC(=O)N(c2ccc(Cl)cc2)C(=O)C1=Cc1ccc(-c2cccc(Br)c2)o1. The number of rotatable bonds is 3. The molecule has 4 amide bonds. The van der Waals surface area contributed by atoms with Gasteiger partial charge in [-0.15, -0.1) is 0 Å². The van der Waals surface area contributed by atoms with Gasteiger partial charge < -0.3 is 4.42 Å². The fourth-order valence-electron chi connectivity index (χ4n) is 2.85. The zero-order valence-electron chi connectivity index (χ0n) is 14.7. The highest BCUT2D eigenvalue weighted by Gasteiger charge is 2.37. The van der Waals surface area contributed by atoms with E-state index in [0.717, 1.165) is 14.9 Å². The summed E-state index contributed by atoms with van der Waals surface area (Å²) in [5.41, 5.74) is 0.917. The maximum Gasteiger partial charge on any atom is 0.335 e. The molecule has 1 saturated heterocycles. The Morgan fingerprint density at radius 2 is 1.76 bits per heavy atom. The molecule has 4 rings (SSSR count). The second-order valence-electron chi connectivity index (χ2n) is 6.15. The molecular weight excluding hydrogens is 460 g/mol. The topological polar surface area (TPSA) is 79.6 Å². The lowest BCUT2D eigenvalue weighted by molar-refractivity contribution is -0.122. The molecule has 0 bridgehead atoms. The van der Waals surface area contributed by atoms with Gasteiger partial charge in [0.05, 0.1) is 5.69 Å². The van der Waals surface area contributed by atoms with Crippen LogP contribution in [0.3, 0.4) is 0 Å². The Labute approximate surface area is 178 Å². The maximum atomic E-state index is 12.9. The minimum Gasteiger partial charge on any atom is -0.457 e. The molecule has 1 aliphatic heterocycles. The summed E-state index contributed by atoms with van der Waals surface area (Å²) < 4.78 is 6.65. The summed E-state index contributed by atoms with van der Waals surface area (Å²) >= 11 is 9.26. The number of carbonyl (C=O) groups excluding carboxylic acids is 3. The summed E-state index contributed by atoms with van der Waals surface area (Å²) in [5, 5.41) is 2.63. The highest BCUT2D eigenvalue weighted by Crippen LogP contribution is 2.27. The summed E-state index contributed by atoms with van der Waals surface area (Å²) in [6.07, 6.45) is 1.31. The van der Waals surface area contributed by atoms with Gasteiger partial charge in [-0.3, -0.25) is 14.9 Å². The second-order valence-corrected chi connectivity index (χ2v) is 7.50. The fourth-order valence-corrected chi connectivity index (χ4v) is 3.38. The average molecular weight is 472 g/mol. The first-order chi connectivity index (χ1) is 13.9. The van der Waals surface area contributed by atoms with Gasteiger partial charge in [-0.2, -0.15) is 0 Å². The van der Waals surface area contributed by atoms with E-state index in [1.807, 2.05) is 24.3 Å². The number of carbonyl (C=O) groups is 3. The summed E-state index contributed by atoms with van der Waals surface area (Å²) in [6.45, 7) is 0. The molecule has 0 saturated carbocycles. The van der Waals surface area contributed by atoms with E-state index in [2.05, 4.69) is 21.2 Å². The van der Waals surface area contributed by atoms with Gasteiger partial charge in [-0.05, 0) is 54.6 Å². The number of anilines is 1. The van der Waals surface area contributed by atoms with E-state index in [0.29, 0.717) is 22.2 Å². The fraction of sp³-hybridized carbons (Fsp3) is 0. The standard InChI is InChI=1S/C21H12BrClN2O4/c22-13-3-1-2-12(10-13)18-9-8-16(29-18)11-17-19(26)24-21(28)25(20(17)27)15-6-4-14(23)5-7-15/h1-11H,(H,24,26,28). The van der Waals surface area contributed by atoms with Gasteiger partial charge in [0, 0.05) is 15.1 Å². The van der Waals surface area contributed by atoms with E-state index in [-0.39, 0.29) is 5.57 Å². The van der Waals surface area contributed by atoms with Crippen LogP contribution in [0.1, 0.15) is 5.76 Å². The number of barbiturate groups is 1. The quantitative estimate of drug-likeness (QED) is 0.429. The summed E-state index contributed by atoms with van der Waals surface area (Å²) in [4.78, 5) is 38.2. The molecule has 0 unspecified atom stereocenters. The van der Waals surface area contributed by atoms with Gasteiger partial charge in [0.2, 0.25) is 0 Å². The minimum absolute atomic E-state index is 0.213. The lowest BCUT2D eigenvalue weighted by Crippen LogP contribution is -2.54. The van der Waals surface area contributed by atoms with Crippen LogP contribution in [0.2, 0.25) is 5.02 Å². The van der Waals surface area contributed by atoms with Crippen molar-refractivity contribution in [1.82, 2.24) is 5.32 Å². The van der Waals surface area contributed by atoms with Crippen molar-refractivity contribution in [2.45, 2.75) is 0 Å². The number of hydrogen-bond acceptors (Lipinski definition) is 4. The van der Waals surface area contributed by atoms with Crippen LogP contribution in [-0.4, -0.2) is 17.8 Å². The number of nitrogens with one attached hydrogen (secondary N) is 1. The first-order valence-corrected chi connectivity index (χ1v) is 9.62. The molecule has 0 radical (unpaired) electrons. The number of halogens is 2. The molecule has 2 aromatic carbocycles. The largest absolute Gasteiger partial charge is 0.457 e. The summed E-state index contributed by atoms with van der Waals surface area (Å²) in [7, 11) is 0. The molecule has 0 atom stereocenters. The molecular formula is C21H12BrClN2O4. The summed E-state index contributed by atoms with van der Waals surface area (Å²) in [6, 6.07) is 16.2. The first kappa shape index (κ1) is 19.2. The molecule has 3 aromatic rings. The number of hydrogen-bond donors (Lipinski definition) is 1. The molecule has 1 aromatic heterocycles. The monoisotopic (exact) mass is 470 g/mol. The van der Waals surface area contributed by atoms with Crippen molar-refractivity contribution < 1.29 is 18.8 Å². The van der Waals surface area contributed by atoms with E-state index >= 15 is 0 Å². The Kier molecular flexibility index (Phi) is 5.08. The zero-order chi connectivity index (χ0) is 20.5. The highest BCUT2D eigenvalue weighted by atomic mass is 79.9. The Bertz CT molecular complexity index is 1170. The molecule has 29 heavy (non-hydrogen) atoms. The van der Waals surface area contributed by atoms with E-state index in [4.69, 9.17) is 16.0 Å². The van der Waals surface area contributed by atoms with Crippen LogP contribution in [0.5, 0.6) is 0 Å². The van der Waals surface area contributed by atoms with Crippen molar-refractivity contribution in [3.05, 3.63) is 81.5 Å². The number of furan rings is 1. The lowest BCUT2D eigenvalue weighted by atomic mass is 10.1. The smallest absolute Gasteiger partial charge is 0.335 e. The van der Waals surface area contributed by atoms with Crippen molar-refractivity contribution in [2.24, 2.45) is 0 Å². The third kappa shape index (κ3) is 3.87. The predicted octanol–water partition coefficient (Wildman–Crippen LogP) is 5.03. The van der Waals surface area contributed by atoms with Crippen molar-refractivity contribution in [1.29, 1.82) is 0 Å². The van der Waals surface area contributed by atoms with Crippen LogP contribution >= 0.6 is 27.5 Å². The zero-order valence-corrected chi connectivity index (χ0v) is 17.0. The van der Waals surface area contributed by atoms with Crippen LogP contribution < -0.4 is 10.2 Å². The Hall–Kier alpha value is -3.16. The Balaban J connectivity index is 1.67. The van der Waals surface area contributed by atoms with E-state index in [9.17, 15) is 14.4 Å². The van der Waals surface area contributed by atoms with Crippen LogP contribution in [0.25, 0.3) is 17.4 Å². The van der Waals surface area contributed by atoms with Crippen molar-refractivity contribution >= 4 is 57.1 Å². The molecule has 0 spiro atoms. The number of benzene rings is 2. The van der Waals surface area contributed by atoms with Gasteiger partial charge >= 0.3 is 6.03 Å². The number of nitrogens with zero attached hydrogens (tertiary/aromatic N) is 1. The van der Waals surface area contributed by atoms with E-state index in [1.54, 1.807) is 24.3 Å². The van der Waals surface area contributed by atoms with Gasteiger partial charge in [0.1, 0.15) is 17.1 Å². The Morgan fingerprint density at radius 1 is 1.00 bits per heavy atom. The molecule has 1 aliphatic rings. The van der Waals surface area contributed by atoms with E-state index in [1.165, 1.54) is 18.2 Å². The van der Waals surface area contributed by atoms with Crippen molar-refractivity contribution in [2.75, 3.05) is 4.90 Å². The number of urea groups is 1. The molecule has 0 aliphatic carbocycles. The lowest BCUT2D eigenvalue weighted by Gasteiger charge is -2.26. The highest BCUT2D eigenvalue weighted by molar-refractivity contribution is 9.10. The van der Waals surface area contributed by atoms with Gasteiger partial charge in [0.15, 0.2) is 0 Å². The molecule has 2 heterocycles. The third-order valence-electron chi connectivity index (χ3n) is 4.21. The normalized spacial score (nSPS) is 15.7. The van der Waals surface area contributed by atoms with Crippen molar-refractivity contribution in [3.63, 3.8) is 0 Å². The molecule has 6 nitrogen and oxygen atoms in total. The van der Waals surface area contributed by atoms with Gasteiger partial charge in [0.25, 0.3) is 11.8 Å². The maximum absolute atomic E-state index is 12.9. The summed E-state index contributed by atoms with van der Waals surface area (Å²) in [5.74, 6) is -0.650. The molecule has 8 heteroatoms. The number of amides is 4. The Morgan fingerprint density at radius 3 is 2.48 bits per heavy atom. The number of imide groups is 2. The van der Waals surface area contributed by atoms with Crippen LogP contribution in [-0.2, 0) is 9.59 Å². The van der Waals surface area contributed by atoms with Crippen molar-refractivity contribution in [3.8, 4) is 11.3 Å². The van der Waals surface area contributed by atoms with Crippen LogP contribution in [0.15, 0.2) is 75.1 Å². The minimum atomic E-state index is -0.825. The van der Waals surface area contributed by atoms with Crippen LogP contribution in [0, 0.1) is 0 Å². The van der Waals surface area contributed by atoms with Gasteiger partial charge in [-0.1, -0.05) is 39.7 Å². The second kappa shape index (κ2) is 7.69. The first-order valence-electron chi connectivity index (χ1n) is 8.45. The van der Waals surface area contributed by atoms with Crippen LogP contribution in [0.4, 0.5) is 10.5 Å². The third-order valence-corrected chi connectivity index (χ3v) is 4.95.